The van der Waals surface area contributed by atoms with Crippen molar-refractivity contribution in [3.05, 3.63) is 0 Å². The van der Waals surface area contributed by atoms with Gasteiger partial charge in [-0.25, -0.2) is 0 Å². The minimum Gasteiger partial charge on any atom is -0.356 e. The van der Waals surface area contributed by atoms with Crippen molar-refractivity contribution in [3.8, 4) is 0 Å². The molecule has 1 heterocycles. The number of carbonyl (C=O) groups excluding carboxylic acids is 1. The highest BCUT2D eigenvalue weighted by Crippen LogP contribution is 2.08. The van der Waals surface area contributed by atoms with Crippen LogP contribution in [0, 0.1) is 5.92 Å². The van der Waals surface area contributed by atoms with Crippen LogP contribution in [-0.2, 0) is 4.79 Å². The van der Waals surface area contributed by atoms with Crippen LogP contribution in [0.1, 0.15) is 39.0 Å². The summed E-state index contributed by atoms with van der Waals surface area (Å²) in [6.45, 7) is 6.90. The minimum absolute atomic E-state index is 0.0509. The molecule has 17 heavy (non-hydrogen) atoms. The molecule has 0 saturated carbocycles. The first-order valence-corrected chi connectivity index (χ1v) is 6.94. The fourth-order valence-electron chi connectivity index (χ4n) is 2.25. The van der Waals surface area contributed by atoms with Gasteiger partial charge in [0.15, 0.2) is 0 Å². The molecule has 1 atom stereocenters. The van der Waals surface area contributed by atoms with Crippen molar-refractivity contribution in [3.63, 3.8) is 0 Å². The van der Waals surface area contributed by atoms with Gasteiger partial charge in [-0.2, -0.15) is 0 Å². The summed E-state index contributed by atoms with van der Waals surface area (Å²) < 4.78 is 0. The Hall–Kier alpha value is -0.610. The van der Waals surface area contributed by atoms with Crippen LogP contribution in [0.3, 0.4) is 0 Å². The Bertz CT molecular complexity index is 215. The lowest BCUT2D eigenvalue weighted by Gasteiger charge is -2.26. The van der Waals surface area contributed by atoms with Crippen molar-refractivity contribution in [1.82, 2.24) is 10.2 Å². The number of nitrogens with two attached hydrogens (primary N) is 1. The number of likely N-dealkylation sites (tertiary alicyclic amines) is 1. The van der Waals surface area contributed by atoms with Crippen LogP contribution in [0.15, 0.2) is 0 Å². The predicted octanol–water partition coefficient (Wildman–Crippen LogP) is 0.964. The third-order valence-electron chi connectivity index (χ3n) is 3.45. The number of rotatable bonds is 7. The van der Waals surface area contributed by atoms with Crippen LogP contribution in [0.4, 0.5) is 0 Å². The average Bonchev–Trinajstić information content (AvgIpc) is 2.36. The minimum atomic E-state index is 0.0509. The Morgan fingerprint density at radius 3 is 2.71 bits per heavy atom. The molecule has 1 rings (SSSR count). The van der Waals surface area contributed by atoms with E-state index in [0.29, 0.717) is 6.54 Å². The molecule has 3 N–H and O–H groups in total. The standard InChI is InChI=1S/C13H27N3O/c1-12(6-7-14)13(17)15-8-5-11-16-9-3-2-4-10-16/h12H,2-11,14H2,1H3,(H,15,17). The summed E-state index contributed by atoms with van der Waals surface area (Å²) in [4.78, 5) is 14.1. The topological polar surface area (TPSA) is 58.4 Å². The molecule has 1 unspecified atom stereocenters. The predicted molar refractivity (Wildman–Crippen MR) is 70.8 cm³/mol. The second-order valence-electron chi connectivity index (χ2n) is 5.03. The molecule has 0 bridgehead atoms. The highest BCUT2D eigenvalue weighted by molar-refractivity contribution is 5.78. The lowest BCUT2D eigenvalue weighted by atomic mass is 10.1. The molecule has 4 heteroatoms. The molecule has 0 aromatic heterocycles. The molecule has 0 aromatic carbocycles. The maximum absolute atomic E-state index is 11.6. The van der Waals surface area contributed by atoms with Crippen molar-refractivity contribution in [2.75, 3.05) is 32.7 Å². The Kier molecular flexibility index (Phi) is 7.21. The van der Waals surface area contributed by atoms with Crippen molar-refractivity contribution >= 4 is 5.91 Å². The third kappa shape index (κ3) is 6.03. The Morgan fingerprint density at radius 2 is 2.06 bits per heavy atom. The van der Waals surface area contributed by atoms with Gasteiger partial charge in [0, 0.05) is 12.5 Å². The fraction of sp³-hybridized carbons (Fsp3) is 0.923. The van der Waals surface area contributed by atoms with E-state index < -0.39 is 0 Å². The zero-order valence-corrected chi connectivity index (χ0v) is 11.1. The van der Waals surface area contributed by atoms with Crippen LogP contribution >= 0.6 is 0 Å². The zero-order valence-electron chi connectivity index (χ0n) is 11.1. The van der Waals surface area contributed by atoms with E-state index >= 15 is 0 Å². The molecular weight excluding hydrogens is 214 g/mol. The quantitative estimate of drug-likeness (QED) is 0.653. The highest BCUT2D eigenvalue weighted by atomic mass is 16.1. The molecular formula is C13H27N3O. The van der Waals surface area contributed by atoms with Gasteiger partial charge in [0.05, 0.1) is 0 Å². The van der Waals surface area contributed by atoms with E-state index in [2.05, 4.69) is 10.2 Å². The van der Waals surface area contributed by atoms with Gasteiger partial charge >= 0.3 is 0 Å². The lowest BCUT2D eigenvalue weighted by Crippen LogP contribution is -2.35. The molecule has 1 aliphatic heterocycles. The second kappa shape index (κ2) is 8.48. The first-order chi connectivity index (χ1) is 8.24. The number of carbonyl (C=O) groups is 1. The van der Waals surface area contributed by atoms with Gasteiger partial charge in [-0.1, -0.05) is 13.3 Å². The maximum Gasteiger partial charge on any atom is 0.222 e. The molecule has 1 aliphatic rings. The molecule has 1 fully saturated rings. The number of hydrogen-bond acceptors (Lipinski definition) is 3. The van der Waals surface area contributed by atoms with E-state index in [1.165, 1.54) is 32.4 Å². The summed E-state index contributed by atoms with van der Waals surface area (Å²) in [5.74, 6) is 0.198. The molecule has 4 nitrogen and oxygen atoms in total. The van der Waals surface area contributed by atoms with Crippen LogP contribution in [0.2, 0.25) is 0 Å². The fourth-order valence-corrected chi connectivity index (χ4v) is 2.25. The molecule has 100 valence electrons. The Morgan fingerprint density at radius 1 is 1.35 bits per heavy atom. The number of hydrogen-bond donors (Lipinski definition) is 2. The van der Waals surface area contributed by atoms with Gasteiger partial charge < -0.3 is 16.0 Å². The van der Waals surface area contributed by atoms with Gasteiger partial charge in [-0.3, -0.25) is 4.79 Å². The van der Waals surface area contributed by atoms with Crippen LogP contribution in [0.25, 0.3) is 0 Å². The van der Waals surface area contributed by atoms with E-state index in [-0.39, 0.29) is 11.8 Å². The average molecular weight is 241 g/mol. The van der Waals surface area contributed by atoms with Crippen LogP contribution in [0.5, 0.6) is 0 Å². The highest BCUT2D eigenvalue weighted by Gasteiger charge is 2.12. The molecule has 0 radical (unpaired) electrons. The van der Waals surface area contributed by atoms with Crippen molar-refractivity contribution in [1.29, 1.82) is 0 Å². The molecule has 1 saturated heterocycles. The Balaban J connectivity index is 2.01. The van der Waals surface area contributed by atoms with Gasteiger partial charge in [-0.15, -0.1) is 0 Å². The van der Waals surface area contributed by atoms with E-state index in [4.69, 9.17) is 5.73 Å². The van der Waals surface area contributed by atoms with Gasteiger partial charge in [0.2, 0.25) is 5.91 Å². The smallest absolute Gasteiger partial charge is 0.222 e. The lowest BCUT2D eigenvalue weighted by molar-refractivity contribution is -0.124. The SMILES string of the molecule is CC(CCN)C(=O)NCCCN1CCCCC1. The van der Waals surface area contributed by atoms with Gasteiger partial charge in [-0.05, 0) is 51.9 Å². The summed E-state index contributed by atoms with van der Waals surface area (Å²) in [5.41, 5.74) is 5.43. The van der Waals surface area contributed by atoms with Crippen LogP contribution in [-0.4, -0.2) is 43.5 Å². The van der Waals surface area contributed by atoms with Crippen molar-refractivity contribution in [2.24, 2.45) is 11.7 Å². The normalized spacial score (nSPS) is 18.9. The van der Waals surface area contributed by atoms with E-state index in [1.54, 1.807) is 0 Å². The largest absolute Gasteiger partial charge is 0.356 e. The summed E-state index contributed by atoms with van der Waals surface area (Å²) in [6, 6.07) is 0. The third-order valence-corrected chi connectivity index (χ3v) is 3.45. The molecule has 0 aromatic rings. The Labute approximate surface area is 105 Å². The van der Waals surface area contributed by atoms with Crippen molar-refractivity contribution in [2.45, 2.75) is 39.0 Å². The summed E-state index contributed by atoms with van der Waals surface area (Å²) in [7, 11) is 0. The number of nitrogens with one attached hydrogen (secondary N) is 1. The summed E-state index contributed by atoms with van der Waals surface area (Å²) in [6.07, 6.45) is 5.88. The summed E-state index contributed by atoms with van der Waals surface area (Å²) in [5, 5.41) is 2.99. The van der Waals surface area contributed by atoms with Gasteiger partial charge in [0.25, 0.3) is 0 Å². The maximum atomic E-state index is 11.6. The zero-order chi connectivity index (χ0) is 12.5. The van der Waals surface area contributed by atoms with Crippen molar-refractivity contribution < 1.29 is 4.79 Å². The number of piperidine rings is 1. The van der Waals surface area contributed by atoms with Crippen LogP contribution < -0.4 is 11.1 Å². The van der Waals surface area contributed by atoms with Gasteiger partial charge in [0.1, 0.15) is 0 Å². The monoisotopic (exact) mass is 241 g/mol. The van der Waals surface area contributed by atoms with E-state index in [9.17, 15) is 4.79 Å². The molecule has 1 amide bonds. The van der Waals surface area contributed by atoms with E-state index in [1.807, 2.05) is 6.92 Å². The van der Waals surface area contributed by atoms with E-state index in [0.717, 1.165) is 25.9 Å². The first-order valence-electron chi connectivity index (χ1n) is 6.94. The number of amides is 1. The summed E-state index contributed by atoms with van der Waals surface area (Å²) >= 11 is 0. The molecule has 0 aliphatic carbocycles. The number of nitrogens with zero attached hydrogens (tertiary/aromatic N) is 1. The molecule has 0 spiro atoms. The first kappa shape index (κ1) is 14.5. The second-order valence-corrected chi connectivity index (χ2v) is 5.03.